The number of ether oxygens (including phenoxy) is 1. The molecule has 1 fully saturated rings. The average molecular weight is 374 g/mol. The van der Waals surface area contributed by atoms with Gasteiger partial charge in [0, 0.05) is 22.5 Å². The number of benzene rings is 1. The number of nitrogens with zero attached hydrogens (tertiary/aromatic N) is 2. The summed E-state index contributed by atoms with van der Waals surface area (Å²) >= 11 is 7.54. The molecule has 1 saturated heterocycles. The van der Waals surface area contributed by atoms with E-state index in [2.05, 4.69) is 10.2 Å². The van der Waals surface area contributed by atoms with Gasteiger partial charge >= 0.3 is 0 Å². The van der Waals surface area contributed by atoms with Crippen molar-refractivity contribution in [2.24, 2.45) is 0 Å². The molecule has 1 unspecified atom stereocenters. The van der Waals surface area contributed by atoms with Crippen molar-refractivity contribution in [3.8, 4) is 11.3 Å². The maximum absolute atomic E-state index is 12.8. The number of hydrogen-bond acceptors (Lipinski definition) is 4. The van der Waals surface area contributed by atoms with E-state index in [0.29, 0.717) is 30.4 Å². The number of hydrogen-bond donors (Lipinski definition) is 1. The Hall–Kier alpha value is -2.15. The molecule has 7 heteroatoms. The maximum atomic E-state index is 12.8. The predicted molar refractivity (Wildman–Crippen MR) is 97.9 cm³/mol. The summed E-state index contributed by atoms with van der Waals surface area (Å²) in [7, 11) is 0. The molecule has 128 valence electrons. The summed E-state index contributed by atoms with van der Waals surface area (Å²) in [5.41, 5.74) is 3.32. The van der Waals surface area contributed by atoms with Gasteiger partial charge in [0.25, 0.3) is 5.91 Å². The highest BCUT2D eigenvalue weighted by Gasteiger charge is 2.27. The quantitative estimate of drug-likeness (QED) is 0.754. The summed E-state index contributed by atoms with van der Waals surface area (Å²) in [4.78, 5) is 14.6. The van der Waals surface area contributed by atoms with Crippen LogP contribution in [0.2, 0.25) is 5.02 Å². The van der Waals surface area contributed by atoms with E-state index in [1.807, 2.05) is 41.1 Å². The van der Waals surface area contributed by atoms with E-state index in [0.717, 1.165) is 16.8 Å². The molecule has 1 aliphatic heterocycles. The first kappa shape index (κ1) is 16.3. The molecule has 4 rings (SSSR count). The molecule has 0 aliphatic carbocycles. The van der Waals surface area contributed by atoms with Gasteiger partial charge in [-0.05, 0) is 35.2 Å². The molecular weight excluding hydrogens is 358 g/mol. The third-order valence-corrected chi connectivity index (χ3v) is 5.16. The zero-order valence-corrected chi connectivity index (χ0v) is 14.9. The summed E-state index contributed by atoms with van der Waals surface area (Å²) in [5.74, 6) is -0.0590. The number of carbonyl (C=O) groups excluding carboxylic acids is 1. The molecule has 0 saturated carbocycles. The molecule has 1 amide bonds. The van der Waals surface area contributed by atoms with Crippen LogP contribution in [0.15, 0.2) is 47.2 Å². The number of aromatic nitrogens is 2. The minimum absolute atomic E-state index is 0.0590. The summed E-state index contributed by atoms with van der Waals surface area (Å²) in [6, 6.07) is 11.3. The molecule has 3 heterocycles. The Morgan fingerprint density at radius 3 is 2.92 bits per heavy atom. The summed E-state index contributed by atoms with van der Waals surface area (Å²) in [6.45, 7) is 1.58. The topological polar surface area (TPSA) is 58.2 Å². The van der Waals surface area contributed by atoms with Gasteiger partial charge in [0.2, 0.25) is 0 Å². The van der Waals surface area contributed by atoms with E-state index in [1.54, 1.807) is 22.3 Å². The first-order chi connectivity index (χ1) is 12.2. The van der Waals surface area contributed by atoms with E-state index in [-0.39, 0.29) is 12.0 Å². The van der Waals surface area contributed by atoms with Crippen LogP contribution in [0.3, 0.4) is 0 Å². The molecule has 0 radical (unpaired) electrons. The number of H-pyrrole nitrogens is 1. The normalized spacial score (nSPS) is 17.6. The van der Waals surface area contributed by atoms with E-state index >= 15 is 0 Å². The second kappa shape index (κ2) is 7.00. The fourth-order valence-electron chi connectivity index (χ4n) is 2.87. The Bertz CT molecular complexity index is 861. The average Bonchev–Trinajstić information content (AvgIpc) is 3.33. The number of thiophene rings is 1. The fraction of sp³-hybridized carbons (Fsp3) is 0.222. The van der Waals surface area contributed by atoms with E-state index in [1.165, 1.54) is 0 Å². The Kier molecular flexibility index (Phi) is 4.57. The smallest absolute Gasteiger partial charge is 0.272 e. The third-order valence-electron chi connectivity index (χ3n) is 4.22. The summed E-state index contributed by atoms with van der Waals surface area (Å²) in [6.07, 6.45) is -0.144. The van der Waals surface area contributed by atoms with Crippen molar-refractivity contribution in [2.75, 3.05) is 19.7 Å². The number of aromatic amines is 1. The van der Waals surface area contributed by atoms with Gasteiger partial charge in [-0.1, -0.05) is 23.7 Å². The van der Waals surface area contributed by atoms with Crippen LogP contribution in [0.4, 0.5) is 0 Å². The largest absolute Gasteiger partial charge is 0.370 e. The second-order valence-corrected chi connectivity index (χ2v) is 7.06. The van der Waals surface area contributed by atoms with Crippen molar-refractivity contribution in [3.05, 3.63) is 63.4 Å². The number of nitrogens with one attached hydrogen (secondary N) is 1. The van der Waals surface area contributed by atoms with E-state index in [9.17, 15) is 4.79 Å². The molecule has 5 nitrogen and oxygen atoms in total. The lowest BCUT2D eigenvalue weighted by Crippen LogP contribution is -2.42. The lowest BCUT2D eigenvalue weighted by atomic mass is 10.1. The molecule has 1 aromatic carbocycles. The molecule has 0 spiro atoms. The lowest BCUT2D eigenvalue weighted by Gasteiger charge is -2.33. The van der Waals surface area contributed by atoms with Crippen LogP contribution < -0.4 is 0 Å². The maximum Gasteiger partial charge on any atom is 0.272 e. The summed E-state index contributed by atoms with van der Waals surface area (Å²) in [5, 5.41) is 11.8. The highest BCUT2D eigenvalue weighted by atomic mass is 35.5. The Morgan fingerprint density at radius 2 is 2.16 bits per heavy atom. The lowest BCUT2D eigenvalue weighted by molar-refractivity contribution is -0.0230. The molecule has 25 heavy (non-hydrogen) atoms. The van der Waals surface area contributed by atoms with Gasteiger partial charge in [-0.15, -0.1) is 0 Å². The van der Waals surface area contributed by atoms with E-state index < -0.39 is 0 Å². The van der Waals surface area contributed by atoms with Gasteiger partial charge < -0.3 is 9.64 Å². The van der Waals surface area contributed by atoms with Gasteiger partial charge in [0.05, 0.1) is 18.8 Å². The van der Waals surface area contributed by atoms with Crippen LogP contribution in [-0.2, 0) is 4.74 Å². The molecule has 0 bridgehead atoms. The first-order valence-corrected chi connectivity index (χ1v) is 9.27. The Labute approximate surface area is 154 Å². The predicted octanol–water partition coefficient (Wildman–Crippen LogP) is 4.01. The van der Waals surface area contributed by atoms with Crippen molar-refractivity contribution < 1.29 is 9.53 Å². The number of amides is 1. The zero-order chi connectivity index (χ0) is 17.2. The monoisotopic (exact) mass is 373 g/mol. The Morgan fingerprint density at radius 1 is 1.32 bits per heavy atom. The van der Waals surface area contributed by atoms with Gasteiger partial charge in [-0.2, -0.15) is 16.4 Å². The fourth-order valence-corrected chi connectivity index (χ4v) is 3.65. The van der Waals surface area contributed by atoms with Crippen LogP contribution >= 0.6 is 22.9 Å². The first-order valence-electron chi connectivity index (χ1n) is 7.95. The van der Waals surface area contributed by atoms with Gasteiger partial charge in [0.1, 0.15) is 11.8 Å². The van der Waals surface area contributed by atoms with Crippen LogP contribution in [0, 0.1) is 0 Å². The molecule has 2 aromatic heterocycles. The number of rotatable bonds is 3. The van der Waals surface area contributed by atoms with Crippen molar-refractivity contribution in [1.29, 1.82) is 0 Å². The van der Waals surface area contributed by atoms with E-state index in [4.69, 9.17) is 16.3 Å². The van der Waals surface area contributed by atoms with Crippen LogP contribution in [-0.4, -0.2) is 40.7 Å². The molecule has 1 aliphatic rings. The molecular formula is C18H16ClN3O2S. The Balaban J connectivity index is 1.49. The minimum atomic E-state index is -0.144. The van der Waals surface area contributed by atoms with Crippen molar-refractivity contribution in [1.82, 2.24) is 15.1 Å². The molecule has 3 aromatic rings. The number of morpholine rings is 1. The molecule has 1 atom stereocenters. The van der Waals surface area contributed by atoms with Crippen LogP contribution in [0.1, 0.15) is 22.2 Å². The highest BCUT2D eigenvalue weighted by Crippen LogP contribution is 2.25. The summed E-state index contributed by atoms with van der Waals surface area (Å²) < 4.78 is 5.82. The van der Waals surface area contributed by atoms with Gasteiger partial charge in [0.15, 0.2) is 0 Å². The van der Waals surface area contributed by atoms with Gasteiger partial charge in [-0.25, -0.2) is 0 Å². The number of carbonyl (C=O) groups is 1. The van der Waals surface area contributed by atoms with Crippen LogP contribution in [0.25, 0.3) is 11.3 Å². The van der Waals surface area contributed by atoms with Crippen LogP contribution in [0.5, 0.6) is 0 Å². The number of halogens is 1. The standard InChI is InChI=1S/C18H16ClN3O2S/c19-14-3-1-12(2-4-14)17-10-22(6-7-24-17)18(23)16-9-15(20-21-16)13-5-8-25-11-13/h1-5,8-9,11,17H,6-7,10H2,(H,20,21). The van der Waals surface area contributed by atoms with Crippen molar-refractivity contribution >= 4 is 28.8 Å². The highest BCUT2D eigenvalue weighted by molar-refractivity contribution is 7.08. The zero-order valence-electron chi connectivity index (χ0n) is 13.3. The second-order valence-electron chi connectivity index (χ2n) is 5.84. The SMILES string of the molecule is O=C(c1cc(-c2ccsc2)n[nH]1)N1CCOC(c2ccc(Cl)cc2)C1. The third kappa shape index (κ3) is 3.46. The van der Waals surface area contributed by atoms with Crippen molar-refractivity contribution in [3.63, 3.8) is 0 Å². The minimum Gasteiger partial charge on any atom is -0.370 e. The molecule has 1 N–H and O–H groups in total. The van der Waals surface area contributed by atoms with Crippen molar-refractivity contribution in [2.45, 2.75) is 6.10 Å². The van der Waals surface area contributed by atoms with Gasteiger partial charge in [-0.3, -0.25) is 9.89 Å².